The average Bonchev–Trinajstić information content (AvgIpc) is 2.58. The third-order valence-electron chi connectivity index (χ3n) is 3.73. The summed E-state index contributed by atoms with van der Waals surface area (Å²) in [5.74, 6) is -0.546. The number of benzene rings is 2. The Hall–Kier alpha value is -1.85. The van der Waals surface area contributed by atoms with Crippen molar-refractivity contribution in [2.24, 2.45) is 5.92 Å². The Kier molecular flexibility index (Phi) is 7.02. The van der Waals surface area contributed by atoms with E-state index in [2.05, 4.69) is 26.6 Å². The number of carbonyl (C=O) groups excluding carboxylic acids is 2. The van der Waals surface area contributed by atoms with Gasteiger partial charge in [0.2, 0.25) is 5.91 Å². The molecule has 0 aliphatic heterocycles. The molecule has 0 radical (unpaired) electrons. The summed E-state index contributed by atoms with van der Waals surface area (Å²) in [4.78, 5) is 25.0. The summed E-state index contributed by atoms with van der Waals surface area (Å²) in [5, 5.41) is 6.33. The number of hydrogen-bond acceptors (Lipinski definition) is 2. The molecule has 0 aliphatic carbocycles. The molecule has 2 rings (SSSR count). The van der Waals surface area contributed by atoms with Crippen LogP contribution in [0.5, 0.6) is 0 Å². The molecule has 0 aromatic heterocycles. The molecule has 0 spiro atoms. The molecule has 2 N–H and O–H groups in total. The van der Waals surface area contributed by atoms with Crippen LogP contribution in [0.15, 0.2) is 53.0 Å². The Morgan fingerprint density at radius 1 is 1.08 bits per heavy atom. The number of nitrogens with one attached hydrogen (secondary N) is 2. The standard InChI is InChI=1S/C19H20BrClN2O2/c1-12(2)17(23-18(24)15-5-3-4-6-16(15)20)19(25)22-11-13-7-9-14(21)10-8-13/h3-10,12,17H,11H2,1-2H3,(H,22,25)(H,23,24). The van der Waals surface area contributed by atoms with E-state index in [0.717, 1.165) is 5.56 Å². The second kappa shape index (κ2) is 9.02. The van der Waals surface area contributed by atoms with E-state index in [-0.39, 0.29) is 17.7 Å². The molecule has 0 bridgehead atoms. The number of amides is 2. The van der Waals surface area contributed by atoms with Gasteiger partial charge in [-0.25, -0.2) is 0 Å². The van der Waals surface area contributed by atoms with E-state index < -0.39 is 6.04 Å². The minimum absolute atomic E-state index is 0.0448. The summed E-state index contributed by atoms with van der Waals surface area (Å²) in [6, 6.07) is 13.8. The van der Waals surface area contributed by atoms with Crippen molar-refractivity contribution >= 4 is 39.3 Å². The van der Waals surface area contributed by atoms with E-state index in [0.29, 0.717) is 21.6 Å². The second-order valence-corrected chi connectivity index (χ2v) is 7.31. The molecule has 2 aromatic rings. The van der Waals surface area contributed by atoms with Gasteiger partial charge in [0.25, 0.3) is 5.91 Å². The lowest BCUT2D eigenvalue weighted by atomic mass is 10.0. The van der Waals surface area contributed by atoms with Crippen LogP contribution in [-0.4, -0.2) is 17.9 Å². The van der Waals surface area contributed by atoms with Crippen molar-refractivity contribution in [3.8, 4) is 0 Å². The van der Waals surface area contributed by atoms with Crippen LogP contribution in [0.25, 0.3) is 0 Å². The minimum atomic E-state index is -0.619. The predicted octanol–water partition coefficient (Wildman–Crippen LogP) is 4.17. The first-order valence-electron chi connectivity index (χ1n) is 7.96. The van der Waals surface area contributed by atoms with Crippen LogP contribution >= 0.6 is 27.5 Å². The van der Waals surface area contributed by atoms with Crippen molar-refractivity contribution in [3.63, 3.8) is 0 Å². The molecule has 2 aromatic carbocycles. The summed E-state index contributed by atoms with van der Waals surface area (Å²) < 4.78 is 0.691. The van der Waals surface area contributed by atoms with Gasteiger partial charge >= 0.3 is 0 Å². The smallest absolute Gasteiger partial charge is 0.253 e. The van der Waals surface area contributed by atoms with Crippen LogP contribution in [0.2, 0.25) is 5.02 Å². The van der Waals surface area contributed by atoms with E-state index in [9.17, 15) is 9.59 Å². The van der Waals surface area contributed by atoms with Gasteiger partial charge in [-0.05, 0) is 51.7 Å². The normalized spacial score (nSPS) is 11.9. The van der Waals surface area contributed by atoms with Crippen molar-refractivity contribution < 1.29 is 9.59 Å². The van der Waals surface area contributed by atoms with E-state index in [4.69, 9.17) is 11.6 Å². The number of carbonyl (C=O) groups is 2. The van der Waals surface area contributed by atoms with Gasteiger partial charge < -0.3 is 10.6 Å². The lowest BCUT2D eigenvalue weighted by molar-refractivity contribution is -0.124. The second-order valence-electron chi connectivity index (χ2n) is 6.02. The van der Waals surface area contributed by atoms with Crippen LogP contribution in [-0.2, 0) is 11.3 Å². The van der Waals surface area contributed by atoms with Gasteiger partial charge in [-0.3, -0.25) is 9.59 Å². The maximum atomic E-state index is 12.5. The Morgan fingerprint density at radius 2 is 1.72 bits per heavy atom. The van der Waals surface area contributed by atoms with Crippen molar-refractivity contribution in [3.05, 3.63) is 69.2 Å². The van der Waals surface area contributed by atoms with Crippen LogP contribution in [0.3, 0.4) is 0 Å². The zero-order chi connectivity index (χ0) is 18.4. The summed E-state index contributed by atoms with van der Waals surface area (Å²) in [7, 11) is 0. The van der Waals surface area contributed by atoms with E-state index in [1.807, 2.05) is 32.0 Å². The van der Waals surface area contributed by atoms with Gasteiger partial charge in [0.15, 0.2) is 0 Å². The van der Waals surface area contributed by atoms with Crippen molar-refractivity contribution in [1.82, 2.24) is 10.6 Å². The predicted molar refractivity (Wildman–Crippen MR) is 104 cm³/mol. The summed E-state index contributed by atoms with van der Waals surface area (Å²) in [5.41, 5.74) is 1.44. The lowest BCUT2D eigenvalue weighted by Crippen LogP contribution is -2.49. The third kappa shape index (κ3) is 5.58. The molecular formula is C19H20BrClN2O2. The van der Waals surface area contributed by atoms with Crippen molar-refractivity contribution in [1.29, 1.82) is 0 Å². The fraction of sp³-hybridized carbons (Fsp3) is 0.263. The largest absolute Gasteiger partial charge is 0.350 e. The van der Waals surface area contributed by atoms with E-state index in [1.54, 1.807) is 30.3 Å². The fourth-order valence-corrected chi connectivity index (χ4v) is 2.89. The molecule has 2 amide bonds. The molecule has 1 atom stereocenters. The van der Waals surface area contributed by atoms with Crippen LogP contribution in [0.1, 0.15) is 29.8 Å². The van der Waals surface area contributed by atoms with E-state index in [1.165, 1.54) is 0 Å². The highest BCUT2D eigenvalue weighted by Gasteiger charge is 2.25. The molecule has 1 unspecified atom stereocenters. The number of rotatable bonds is 6. The molecule has 0 saturated carbocycles. The summed E-state index contributed by atoms with van der Waals surface area (Å²) >= 11 is 9.21. The van der Waals surface area contributed by atoms with Gasteiger partial charge in [0.05, 0.1) is 5.56 Å². The van der Waals surface area contributed by atoms with Gasteiger partial charge in [-0.2, -0.15) is 0 Å². The highest BCUT2D eigenvalue weighted by atomic mass is 79.9. The molecule has 6 heteroatoms. The van der Waals surface area contributed by atoms with Gasteiger partial charge in [-0.15, -0.1) is 0 Å². The molecule has 4 nitrogen and oxygen atoms in total. The quantitative estimate of drug-likeness (QED) is 0.732. The van der Waals surface area contributed by atoms with Crippen LogP contribution in [0.4, 0.5) is 0 Å². The minimum Gasteiger partial charge on any atom is -0.350 e. The maximum absolute atomic E-state index is 12.5. The van der Waals surface area contributed by atoms with Crippen LogP contribution in [0, 0.1) is 5.92 Å². The highest BCUT2D eigenvalue weighted by molar-refractivity contribution is 9.10. The van der Waals surface area contributed by atoms with Gasteiger partial charge in [0, 0.05) is 16.0 Å². The Labute approximate surface area is 161 Å². The van der Waals surface area contributed by atoms with Crippen molar-refractivity contribution in [2.45, 2.75) is 26.4 Å². The monoisotopic (exact) mass is 422 g/mol. The lowest BCUT2D eigenvalue weighted by Gasteiger charge is -2.22. The average molecular weight is 424 g/mol. The summed E-state index contributed by atoms with van der Waals surface area (Å²) in [6.07, 6.45) is 0. The fourth-order valence-electron chi connectivity index (χ4n) is 2.30. The third-order valence-corrected chi connectivity index (χ3v) is 4.68. The van der Waals surface area contributed by atoms with Crippen molar-refractivity contribution in [2.75, 3.05) is 0 Å². The van der Waals surface area contributed by atoms with Gasteiger partial charge in [0.1, 0.15) is 6.04 Å². The number of hydrogen-bond donors (Lipinski definition) is 2. The molecule has 132 valence electrons. The first-order valence-corrected chi connectivity index (χ1v) is 9.13. The molecule has 25 heavy (non-hydrogen) atoms. The van der Waals surface area contributed by atoms with E-state index >= 15 is 0 Å². The zero-order valence-electron chi connectivity index (χ0n) is 14.1. The first-order chi connectivity index (χ1) is 11.9. The molecular weight excluding hydrogens is 404 g/mol. The highest BCUT2D eigenvalue weighted by Crippen LogP contribution is 2.16. The SMILES string of the molecule is CC(C)C(NC(=O)c1ccccc1Br)C(=O)NCc1ccc(Cl)cc1. The number of halogens is 2. The van der Waals surface area contributed by atoms with Crippen LogP contribution < -0.4 is 10.6 Å². The summed E-state index contributed by atoms with van der Waals surface area (Å²) in [6.45, 7) is 4.17. The molecule has 0 heterocycles. The molecule has 0 fully saturated rings. The Morgan fingerprint density at radius 3 is 2.32 bits per heavy atom. The Balaban J connectivity index is 2.01. The zero-order valence-corrected chi connectivity index (χ0v) is 16.4. The Bertz CT molecular complexity index is 747. The molecule has 0 saturated heterocycles. The van der Waals surface area contributed by atoms with Gasteiger partial charge in [-0.1, -0.05) is 49.7 Å². The maximum Gasteiger partial charge on any atom is 0.253 e. The first kappa shape index (κ1) is 19.5. The molecule has 0 aliphatic rings. The topological polar surface area (TPSA) is 58.2 Å².